The molecule has 0 spiro atoms. The van der Waals surface area contributed by atoms with Crippen molar-refractivity contribution < 1.29 is 43.3 Å². The summed E-state index contributed by atoms with van der Waals surface area (Å²) < 4.78 is 27.0. The van der Waals surface area contributed by atoms with Gasteiger partial charge in [0, 0.05) is 30.6 Å². The highest BCUT2D eigenvalue weighted by Gasteiger charge is 2.77. The third-order valence-corrected chi connectivity index (χ3v) is 16.2. The van der Waals surface area contributed by atoms with Gasteiger partial charge in [0.15, 0.2) is 6.04 Å². The van der Waals surface area contributed by atoms with Gasteiger partial charge in [-0.1, -0.05) is 110 Å². The molecule has 2 N–H and O–H groups in total. The maximum Gasteiger partial charge on any atom is 0.327 e. The van der Waals surface area contributed by atoms with Crippen LogP contribution in [0.5, 0.6) is 0 Å². The lowest BCUT2D eigenvalue weighted by Crippen LogP contribution is -2.70. The molecule has 8 aliphatic rings. The second kappa shape index (κ2) is 15.3. The van der Waals surface area contributed by atoms with E-state index >= 15 is 4.79 Å². The van der Waals surface area contributed by atoms with Gasteiger partial charge >= 0.3 is 5.97 Å². The van der Waals surface area contributed by atoms with Gasteiger partial charge in [-0.15, -0.1) is 0 Å². The number of nitrogens with one attached hydrogen (secondary N) is 1. The van der Waals surface area contributed by atoms with E-state index in [1.807, 2.05) is 66.7 Å². The fourth-order valence-electron chi connectivity index (χ4n) is 12.9. The van der Waals surface area contributed by atoms with Crippen molar-refractivity contribution in [1.82, 2.24) is 15.3 Å². The van der Waals surface area contributed by atoms with Gasteiger partial charge in [0.2, 0.25) is 17.6 Å². The van der Waals surface area contributed by atoms with Crippen LogP contribution in [0.15, 0.2) is 90.5 Å². The number of fused-ring (bicyclic) bond motifs is 6. The van der Waals surface area contributed by atoms with Gasteiger partial charge in [0.25, 0.3) is 0 Å². The molecular formula is C51H59N3O9. The number of esters is 1. The number of amides is 2. The normalized spacial score (nSPS) is 37.7. The quantitative estimate of drug-likeness (QED) is 0.193. The Balaban J connectivity index is 0.982. The molecule has 5 heterocycles. The van der Waals surface area contributed by atoms with Crippen molar-refractivity contribution in [2.24, 2.45) is 22.7 Å². The van der Waals surface area contributed by atoms with Crippen LogP contribution in [0.4, 0.5) is 0 Å². The summed E-state index contributed by atoms with van der Waals surface area (Å²) in [5.74, 6) is -1.51. The highest BCUT2D eigenvalue weighted by molar-refractivity contribution is 5.96. The van der Waals surface area contributed by atoms with Gasteiger partial charge in [0.1, 0.15) is 35.9 Å². The number of rotatable bonds is 9. The number of likely N-dealkylation sites (tertiary alicyclic amines) is 1. The summed E-state index contributed by atoms with van der Waals surface area (Å²) >= 11 is 0. The fourth-order valence-corrected chi connectivity index (χ4v) is 12.9. The highest BCUT2D eigenvalue weighted by Crippen LogP contribution is 2.62. The number of nitrogens with zero attached hydrogens (tertiary/aromatic N) is 2. The minimum Gasteiger partial charge on any atom is -0.458 e. The molecule has 3 aromatic rings. The van der Waals surface area contributed by atoms with Crippen LogP contribution in [0.1, 0.15) is 94.4 Å². The Labute approximate surface area is 369 Å². The van der Waals surface area contributed by atoms with Crippen molar-refractivity contribution in [2.45, 2.75) is 133 Å². The minimum atomic E-state index is -1.46. The van der Waals surface area contributed by atoms with Crippen molar-refractivity contribution in [3.8, 4) is 0 Å². The van der Waals surface area contributed by atoms with Crippen LogP contribution in [0.2, 0.25) is 0 Å². The lowest BCUT2D eigenvalue weighted by atomic mass is 9.52. The van der Waals surface area contributed by atoms with E-state index in [-0.39, 0.29) is 55.1 Å². The molecule has 332 valence electrons. The third kappa shape index (κ3) is 6.56. The maximum atomic E-state index is 15.7. The number of hydrogen-bond acceptors (Lipinski definition) is 10. The molecule has 5 aliphatic heterocycles. The first-order valence-electron chi connectivity index (χ1n) is 23.2. The largest absolute Gasteiger partial charge is 0.458 e. The van der Waals surface area contributed by atoms with Gasteiger partial charge in [-0.3, -0.25) is 19.2 Å². The van der Waals surface area contributed by atoms with Crippen LogP contribution in [-0.2, 0) is 50.5 Å². The zero-order chi connectivity index (χ0) is 43.3. The summed E-state index contributed by atoms with van der Waals surface area (Å²) in [6.45, 7) is 7.50. The third-order valence-electron chi connectivity index (χ3n) is 16.2. The van der Waals surface area contributed by atoms with E-state index in [9.17, 15) is 14.7 Å². The minimum absolute atomic E-state index is 0.0122. The molecule has 2 bridgehead atoms. The van der Waals surface area contributed by atoms with E-state index in [2.05, 4.69) is 50.4 Å². The van der Waals surface area contributed by atoms with E-state index in [0.717, 1.165) is 54.4 Å². The van der Waals surface area contributed by atoms with E-state index in [1.165, 1.54) is 5.57 Å². The molecule has 11 atom stereocenters. The first-order valence-corrected chi connectivity index (χ1v) is 23.2. The summed E-state index contributed by atoms with van der Waals surface area (Å²) in [7, 11) is 0. The molecule has 0 radical (unpaired) electrons. The Morgan fingerprint density at radius 2 is 1.59 bits per heavy atom. The van der Waals surface area contributed by atoms with Crippen molar-refractivity contribution in [3.63, 3.8) is 0 Å². The summed E-state index contributed by atoms with van der Waals surface area (Å²) in [6, 6.07) is 25.9. The number of aliphatic hydroxyl groups excluding tert-OH is 1. The second-order valence-corrected chi connectivity index (χ2v) is 20.2. The summed E-state index contributed by atoms with van der Waals surface area (Å²) in [6.07, 6.45) is 5.90. The molecule has 11 unspecified atom stereocenters. The molecule has 12 nitrogen and oxygen atoms in total. The van der Waals surface area contributed by atoms with Gasteiger partial charge in [0.05, 0.1) is 24.9 Å². The van der Waals surface area contributed by atoms with Gasteiger partial charge in [-0.05, 0) is 80.2 Å². The van der Waals surface area contributed by atoms with Crippen molar-refractivity contribution in [3.05, 3.63) is 113 Å². The number of benzene rings is 3. The van der Waals surface area contributed by atoms with Crippen molar-refractivity contribution in [1.29, 1.82) is 0 Å². The molecule has 63 heavy (non-hydrogen) atoms. The number of carbonyl (C=O) groups is 3. The Hall–Kier alpha value is -4.43. The molecule has 3 saturated carbocycles. The SMILES string of the molecule is CC1(C)CC2C(=Cc3ccccc3CN3OC4C5OC(c6ccccc6)(c6ccccc6)OC5C5CC4(C(=O)N4CCCC4C(=O)NCCO)C3C(=O)O5)CCC3OC3(C)CCC21. The van der Waals surface area contributed by atoms with Crippen LogP contribution in [0.25, 0.3) is 6.08 Å². The number of ether oxygens (including phenoxy) is 4. The average molecular weight is 858 g/mol. The van der Waals surface area contributed by atoms with Crippen molar-refractivity contribution in [2.75, 3.05) is 19.7 Å². The van der Waals surface area contributed by atoms with Crippen LogP contribution in [-0.4, -0.2) is 101 Å². The molecule has 12 heteroatoms. The Kier molecular flexibility index (Phi) is 10.1. The van der Waals surface area contributed by atoms with Gasteiger partial charge < -0.3 is 34.3 Å². The number of allylic oxidation sites excluding steroid dienone is 1. The lowest BCUT2D eigenvalue weighted by molar-refractivity contribution is -0.214. The summed E-state index contributed by atoms with van der Waals surface area (Å²) in [4.78, 5) is 52.8. The maximum absolute atomic E-state index is 15.7. The van der Waals surface area contributed by atoms with Gasteiger partial charge in [-0.2, -0.15) is 5.06 Å². The van der Waals surface area contributed by atoms with Crippen LogP contribution in [0, 0.1) is 22.7 Å². The Bertz CT molecular complexity index is 2260. The number of hydrogen-bond donors (Lipinski definition) is 2. The standard InChI is InChI=1S/C51H59N3O9/c1-48(2)28-36-32(20-21-40-49(3,60-40)23-22-37(36)48)27-31-13-10-11-14-33(31)30-54-43-46(57)59-39-29-50(43,47(58)53-25-12-19-38(53)45(56)52-24-26-55)44(63-54)42-41(39)61-51(62-42,34-15-6-4-7-16-34)35-17-8-5-9-18-35/h4-11,13-18,27,36-44,55H,12,19-26,28-30H2,1-3H3,(H,52,56). The number of aliphatic hydroxyl groups is 1. The van der Waals surface area contributed by atoms with Crippen LogP contribution in [0.3, 0.4) is 0 Å². The zero-order valence-electron chi connectivity index (χ0n) is 36.4. The molecular weight excluding hydrogens is 799 g/mol. The predicted molar refractivity (Wildman–Crippen MR) is 231 cm³/mol. The van der Waals surface area contributed by atoms with E-state index in [1.54, 1.807) is 9.96 Å². The molecule has 3 aromatic carbocycles. The fraction of sp³-hybridized carbons (Fsp3) is 0.549. The lowest BCUT2D eigenvalue weighted by Gasteiger charge is -2.53. The number of carbonyl (C=O) groups excluding carboxylic acids is 3. The highest BCUT2D eigenvalue weighted by atomic mass is 16.8. The van der Waals surface area contributed by atoms with E-state index < -0.39 is 53.7 Å². The van der Waals surface area contributed by atoms with Crippen molar-refractivity contribution >= 4 is 23.9 Å². The molecule has 0 aromatic heterocycles. The van der Waals surface area contributed by atoms with Crippen LogP contribution >= 0.6 is 0 Å². The first kappa shape index (κ1) is 41.3. The topological polar surface area (TPSA) is 139 Å². The average Bonchev–Trinajstić information content (AvgIpc) is 3.69. The Morgan fingerprint density at radius 1 is 0.873 bits per heavy atom. The summed E-state index contributed by atoms with van der Waals surface area (Å²) in [5, 5.41) is 14.0. The van der Waals surface area contributed by atoms with E-state index in [0.29, 0.717) is 31.2 Å². The molecule has 11 rings (SSSR count). The molecule has 2 amide bonds. The number of epoxide rings is 1. The zero-order valence-corrected chi connectivity index (χ0v) is 36.4. The molecule has 3 aliphatic carbocycles. The smallest absolute Gasteiger partial charge is 0.327 e. The first-order chi connectivity index (χ1) is 30.5. The van der Waals surface area contributed by atoms with E-state index in [4.69, 9.17) is 23.8 Å². The summed E-state index contributed by atoms with van der Waals surface area (Å²) in [5.41, 5.74) is 3.80. The number of hydroxylamine groups is 2. The molecule has 8 fully saturated rings. The predicted octanol–water partition coefficient (Wildman–Crippen LogP) is 6.05. The Morgan fingerprint density at radius 3 is 2.32 bits per heavy atom. The monoisotopic (exact) mass is 857 g/mol. The second-order valence-electron chi connectivity index (χ2n) is 20.2. The molecule has 5 saturated heterocycles. The van der Waals surface area contributed by atoms with Crippen LogP contribution < -0.4 is 5.32 Å². The van der Waals surface area contributed by atoms with Gasteiger partial charge in [-0.25, -0.2) is 0 Å².